The third-order valence-corrected chi connectivity index (χ3v) is 3.93. The zero-order chi connectivity index (χ0) is 14.2. The lowest BCUT2D eigenvalue weighted by Crippen LogP contribution is -1.96. The molecule has 4 rings (SSSR count). The second kappa shape index (κ2) is 4.70. The van der Waals surface area contributed by atoms with E-state index in [-0.39, 0.29) is 0 Å². The van der Waals surface area contributed by atoms with E-state index in [0.29, 0.717) is 0 Å². The fourth-order valence-corrected chi connectivity index (χ4v) is 3.04. The monoisotopic (exact) mass is 273 g/mol. The molecule has 0 radical (unpaired) electrons. The maximum absolute atomic E-state index is 4.62. The van der Waals surface area contributed by atoms with Gasteiger partial charge in [0.1, 0.15) is 0 Å². The quantitative estimate of drug-likeness (QED) is 0.546. The first-order chi connectivity index (χ1) is 10.4. The van der Waals surface area contributed by atoms with Gasteiger partial charge in [0.25, 0.3) is 0 Å². The number of hydrogen-bond acceptors (Lipinski definition) is 2. The number of pyridine rings is 2. The van der Waals surface area contributed by atoms with Crippen LogP contribution in [0.15, 0.2) is 61.1 Å². The number of para-hydroxylation sites is 1. The van der Waals surface area contributed by atoms with E-state index in [2.05, 4.69) is 57.9 Å². The molecule has 3 heteroatoms. The molecule has 0 spiro atoms. The van der Waals surface area contributed by atoms with Gasteiger partial charge in [0, 0.05) is 47.0 Å². The van der Waals surface area contributed by atoms with E-state index in [1.165, 1.54) is 21.8 Å². The molecule has 21 heavy (non-hydrogen) atoms. The second-order valence-corrected chi connectivity index (χ2v) is 5.06. The summed E-state index contributed by atoms with van der Waals surface area (Å²) >= 11 is 0. The van der Waals surface area contributed by atoms with Crippen molar-refractivity contribution in [1.82, 2.24) is 14.5 Å². The van der Waals surface area contributed by atoms with E-state index in [0.717, 1.165) is 17.8 Å². The molecule has 0 unspecified atom stereocenters. The van der Waals surface area contributed by atoms with E-state index < -0.39 is 0 Å². The van der Waals surface area contributed by atoms with Crippen LogP contribution in [-0.4, -0.2) is 14.5 Å². The molecule has 3 nitrogen and oxygen atoms in total. The first kappa shape index (κ1) is 12.1. The van der Waals surface area contributed by atoms with Gasteiger partial charge >= 0.3 is 0 Å². The standard InChI is InChI=1S/C18H15N3/c1-2-21-16-8-4-3-7-14(16)15-9-11-20-17(18(15)21)13-6-5-10-19-12-13/h3-12H,2H2,1H3. The molecule has 0 saturated carbocycles. The molecule has 3 heterocycles. The number of hydrogen-bond donors (Lipinski definition) is 0. The van der Waals surface area contributed by atoms with Crippen LogP contribution in [-0.2, 0) is 6.54 Å². The van der Waals surface area contributed by atoms with E-state index in [1.807, 2.05) is 18.5 Å². The Labute approximate surface area is 122 Å². The Bertz CT molecular complexity index is 923. The lowest BCUT2D eigenvalue weighted by molar-refractivity contribution is 0.826. The van der Waals surface area contributed by atoms with Crippen LogP contribution in [0.5, 0.6) is 0 Å². The molecule has 102 valence electrons. The highest BCUT2D eigenvalue weighted by atomic mass is 15.0. The van der Waals surface area contributed by atoms with Crippen molar-refractivity contribution in [2.75, 3.05) is 0 Å². The summed E-state index contributed by atoms with van der Waals surface area (Å²) in [6.07, 6.45) is 5.55. The summed E-state index contributed by atoms with van der Waals surface area (Å²) in [6.45, 7) is 3.09. The van der Waals surface area contributed by atoms with Gasteiger partial charge in [-0.05, 0) is 31.2 Å². The molecule has 0 fully saturated rings. The third-order valence-electron chi connectivity index (χ3n) is 3.93. The third kappa shape index (κ3) is 1.74. The molecule has 0 amide bonds. The molecule has 0 aliphatic heterocycles. The van der Waals surface area contributed by atoms with Crippen molar-refractivity contribution in [3.05, 3.63) is 61.1 Å². The average Bonchev–Trinajstić information content (AvgIpc) is 2.89. The molecule has 3 aromatic heterocycles. The van der Waals surface area contributed by atoms with Gasteiger partial charge in [-0.15, -0.1) is 0 Å². The zero-order valence-corrected chi connectivity index (χ0v) is 11.8. The van der Waals surface area contributed by atoms with Gasteiger partial charge < -0.3 is 4.57 Å². The second-order valence-electron chi connectivity index (χ2n) is 5.06. The van der Waals surface area contributed by atoms with Crippen LogP contribution < -0.4 is 0 Å². The van der Waals surface area contributed by atoms with Crippen molar-refractivity contribution in [1.29, 1.82) is 0 Å². The number of benzene rings is 1. The van der Waals surface area contributed by atoms with Crippen molar-refractivity contribution in [2.45, 2.75) is 13.5 Å². The maximum atomic E-state index is 4.62. The Morgan fingerprint density at radius 1 is 0.952 bits per heavy atom. The molecule has 0 bridgehead atoms. The average molecular weight is 273 g/mol. The Morgan fingerprint density at radius 2 is 1.86 bits per heavy atom. The number of rotatable bonds is 2. The number of aryl methyl sites for hydroxylation is 1. The Balaban J connectivity index is 2.19. The Kier molecular flexibility index (Phi) is 2.71. The minimum absolute atomic E-state index is 0.920. The van der Waals surface area contributed by atoms with Crippen molar-refractivity contribution < 1.29 is 0 Å². The summed E-state index contributed by atoms with van der Waals surface area (Å²) in [5.41, 5.74) is 4.50. The lowest BCUT2D eigenvalue weighted by Gasteiger charge is -2.07. The van der Waals surface area contributed by atoms with Crippen LogP contribution in [0.3, 0.4) is 0 Å². The van der Waals surface area contributed by atoms with Crippen LogP contribution >= 0.6 is 0 Å². The minimum atomic E-state index is 0.920. The van der Waals surface area contributed by atoms with E-state index in [9.17, 15) is 0 Å². The largest absolute Gasteiger partial charge is 0.339 e. The highest BCUT2D eigenvalue weighted by Crippen LogP contribution is 2.34. The van der Waals surface area contributed by atoms with Crippen LogP contribution in [0.25, 0.3) is 33.1 Å². The molecular weight excluding hydrogens is 258 g/mol. The molecule has 0 saturated heterocycles. The van der Waals surface area contributed by atoms with Crippen LogP contribution in [0.2, 0.25) is 0 Å². The molecular formula is C18H15N3. The van der Waals surface area contributed by atoms with Gasteiger partial charge in [-0.1, -0.05) is 18.2 Å². The van der Waals surface area contributed by atoms with Crippen molar-refractivity contribution in [3.63, 3.8) is 0 Å². The Hall–Kier alpha value is -2.68. The number of fused-ring (bicyclic) bond motifs is 3. The summed E-state index contributed by atoms with van der Waals surface area (Å²) < 4.78 is 2.33. The van der Waals surface area contributed by atoms with Crippen LogP contribution in [0.1, 0.15) is 6.92 Å². The highest BCUT2D eigenvalue weighted by Gasteiger charge is 2.14. The van der Waals surface area contributed by atoms with E-state index in [1.54, 1.807) is 6.20 Å². The fourth-order valence-electron chi connectivity index (χ4n) is 3.04. The minimum Gasteiger partial charge on any atom is -0.339 e. The van der Waals surface area contributed by atoms with E-state index >= 15 is 0 Å². The first-order valence-corrected chi connectivity index (χ1v) is 7.16. The molecule has 1 aromatic carbocycles. The summed E-state index contributed by atoms with van der Waals surface area (Å²) in [6, 6.07) is 14.6. The van der Waals surface area contributed by atoms with Crippen LogP contribution in [0.4, 0.5) is 0 Å². The molecule has 0 aliphatic rings. The van der Waals surface area contributed by atoms with Crippen LogP contribution in [0, 0.1) is 0 Å². The number of nitrogens with zero attached hydrogens (tertiary/aromatic N) is 3. The molecule has 0 atom stereocenters. The summed E-state index contributed by atoms with van der Waals surface area (Å²) in [5.74, 6) is 0. The van der Waals surface area contributed by atoms with Gasteiger partial charge in [-0.25, -0.2) is 0 Å². The zero-order valence-electron chi connectivity index (χ0n) is 11.8. The summed E-state index contributed by atoms with van der Waals surface area (Å²) in [4.78, 5) is 8.85. The van der Waals surface area contributed by atoms with Gasteiger partial charge in [0.15, 0.2) is 0 Å². The summed E-state index contributed by atoms with van der Waals surface area (Å²) in [7, 11) is 0. The maximum Gasteiger partial charge on any atom is 0.0960 e. The van der Waals surface area contributed by atoms with Gasteiger partial charge in [-0.2, -0.15) is 0 Å². The molecule has 4 aromatic rings. The normalized spacial score (nSPS) is 11.3. The Morgan fingerprint density at radius 3 is 2.67 bits per heavy atom. The van der Waals surface area contributed by atoms with Crippen molar-refractivity contribution in [2.24, 2.45) is 0 Å². The van der Waals surface area contributed by atoms with Gasteiger partial charge in [0.2, 0.25) is 0 Å². The topological polar surface area (TPSA) is 30.7 Å². The smallest absolute Gasteiger partial charge is 0.0960 e. The predicted molar refractivity (Wildman–Crippen MR) is 86.1 cm³/mol. The van der Waals surface area contributed by atoms with Crippen molar-refractivity contribution >= 4 is 21.8 Å². The summed E-state index contributed by atoms with van der Waals surface area (Å²) in [5, 5.41) is 2.53. The highest BCUT2D eigenvalue weighted by molar-refractivity contribution is 6.11. The van der Waals surface area contributed by atoms with E-state index in [4.69, 9.17) is 0 Å². The predicted octanol–water partition coefficient (Wildman–Crippen LogP) is 4.27. The van der Waals surface area contributed by atoms with Gasteiger partial charge in [0.05, 0.1) is 11.2 Å². The van der Waals surface area contributed by atoms with Crippen molar-refractivity contribution in [3.8, 4) is 11.3 Å². The van der Waals surface area contributed by atoms with Gasteiger partial charge in [-0.3, -0.25) is 9.97 Å². The fraction of sp³-hybridized carbons (Fsp3) is 0.111. The first-order valence-electron chi connectivity index (χ1n) is 7.16. The lowest BCUT2D eigenvalue weighted by atomic mass is 10.1. The molecule has 0 aliphatic carbocycles. The SMILES string of the molecule is CCn1c2ccccc2c2ccnc(-c3cccnc3)c21. The number of aromatic nitrogens is 3. The molecule has 0 N–H and O–H groups in total.